The molecule has 3 rings (SSSR count). The number of hydrogen-bond acceptors (Lipinski definition) is 6. The van der Waals surface area contributed by atoms with E-state index in [1.165, 1.54) is 11.3 Å². The van der Waals surface area contributed by atoms with Crippen molar-refractivity contribution in [3.8, 4) is 18.4 Å². The maximum atomic E-state index is 12.5. The Morgan fingerprint density at radius 3 is 2.82 bits per heavy atom. The summed E-state index contributed by atoms with van der Waals surface area (Å²) in [7, 11) is 0. The Balaban J connectivity index is 1.55. The highest BCUT2D eigenvalue weighted by Gasteiger charge is 2.36. The Hall–Kier alpha value is -3.40. The van der Waals surface area contributed by atoms with Gasteiger partial charge in [-0.05, 0) is 17.6 Å². The first-order chi connectivity index (χ1) is 13.5. The number of likely N-dealkylation sites (tertiary alicyclic amines) is 1. The van der Waals surface area contributed by atoms with Crippen molar-refractivity contribution >= 4 is 29.1 Å². The summed E-state index contributed by atoms with van der Waals surface area (Å²) in [4.78, 5) is 30.1. The second-order valence-corrected chi connectivity index (χ2v) is 7.01. The van der Waals surface area contributed by atoms with Gasteiger partial charge in [-0.25, -0.2) is 9.78 Å². The van der Waals surface area contributed by atoms with Crippen LogP contribution in [-0.2, 0) is 4.79 Å². The van der Waals surface area contributed by atoms with Crippen molar-refractivity contribution in [3.05, 3.63) is 45.8 Å². The van der Waals surface area contributed by atoms with E-state index < -0.39 is 18.7 Å². The van der Waals surface area contributed by atoms with Crippen molar-refractivity contribution in [3.63, 3.8) is 0 Å². The van der Waals surface area contributed by atoms with Gasteiger partial charge in [0.05, 0.1) is 18.2 Å². The summed E-state index contributed by atoms with van der Waals surface area (Å²) in [6.45, 7) is 0.318. The Kier molecular flexibility index (Phi) is 5.90. The number of nitrogens with zero attached hydrogens (tertiary/aromatic N) is 3. The summed E-state index contributed by atoms with van der Waals surface area (Å²) in [5.74, 6) is 2.31. The lowest BCUT2D eigenvalue weighted by Crippen LogP contribution is -2.57. The molecule has 3 N–H and O–H groups in total. The number of carbonyl (C=O) groups is 2. The van der Waals surface area contributed by atoms with E-state index in [0.29, 0.717) is 23.7 Å². The van der Waals surface area contributed by atoms with Crippen molar-refractivity contribution in [1.29, 1.82) is 5.26 Å². The highest BCUT2D eigenvalue weighted by molar-refractivity contribution is 7.10. The zero-order chi connectivity index (χ0) is 20.1. The SMILES string of the molecule is C#Cc1nc(NC(=O)N[C@@H](CO)C(=O)N2CC(c3ccccc3C#N)C2)cs1. The summed E-state index contributed by atoms with van der Waals surface area (Å²) in [6.07, 6.45) is 5.23. The minimum Gasteiger partial charge on any atom is -0.394 e. The maximum absolute atomic E-state index is 12.5. The molecule has 142 valence electrons. The van der Waals surface area contributed by atoms with Crippen LogP contribution in [0.1, 0.15) is 22.1 Å². The van der Waals surface area contributed by atoms with E-state index in [1.807, 2.05) is 12.1 Å². The van der Waals surface area contributed by atoms with Gasteiger partial charge in [0.15, 0.2) is 5.01 Å². The predicted octanol–water partition coefficient (Wildman–Crippen LogP) is 1.10. The molecule has 1 atom stereocenters. The molecule has 9 heteroatoms. The Bertz CT molecular complexity index is 968. The van der Waals surface area contributed by atoms with Gasteiger partial charge in [0.1, 0.15) is 11.9 Å². The van der Waals surface area contributed by atoms with Gasteiger partial charge in [-0.3, -0.25) is 10.1 Å². The molecular formula is C19H17N5O3S. The molecule has 1 saturated heterocycles. The van der Waals surface area contributed by atoms with E-state index in [-0.39, 0.29) is 17.6 Å². The fourth-order valence-corrected chi connectivity index (χ4v) is 3.48. The molecule has 28 heavy (non-hydrogen) atoms. The monoisotopic (exact) mass is 395 g/mol. The number of anilines is 1. The number of hydrogen-bond donors (Lipinski definition) is 3. The summed E-state index contributed by atoms with van der Waals surface area (Å²) in [5, 5.41) is 25.6. The van der Waals surface area contributed by atoms with Crippen LogP contribution in [0.4, 0.5) is 10.6 Å². The van der Waals surface area contributed by atoms with Gasteiger partial charge in [-0.2, -0.15) is 5.26 Å². The molecule has 2 aromatic rings. The number of aliphatic hydroxyl groups is 1. The number of amides is 3. The van der Waals surface area contributed by atoms with Crippen LogP contribution in [0.15, 0.2) is 29.6 Å². The summed E-state index contributed by atoms with van der Waals surface area (Å²) < 4.78 is 0. The molecule has 0 bridgehead atoms. The third-order valence-electron chi connectivity index (χ3n) is 4.37. The number of nitriles is 1. The molecule has 8 nitrogen and oxygen atoms in total. The first-order valence-electron chi connectivity index (χ1n) is 8.44. The van der Waals surface area contributed by atoms with Crippen LogP contribution in [0.2, 0.25) is 0 Å². The maximum Gasteiger partial charge on any atom is 0.321 e. The summed E-state index contributed by atoms with van der Waals surface area (Å²) in [6, 6.07) is 7.69. The highest BCUT2D eigenvalue weighted by atomic mass is 32.1. The van der Waals surface area contributed by atoms with Crippen molar-refractivity contribution in [1.82, 2.24) is 15.2 Å². The third-order valence-corrected chi connectivity index (χ3v) is 5.14. The van der Waals surface area contributed by atoms with Crippen LogP contribution in [0.3, 0.4) is 0 Å². The van der Waals surface area contributed by atoms with E-state index >= 15 is 0 Å². The van der Waals surface area contributed by atoms with Gasteiger partial charge >= 0.3 is 6.03 Å². The van der Waals surface area contributed by atoms with Crippen LogP contribution in [-0.4, -0.2) is 52.7 Å². The van der Waals surface area contributed by atoms with Crippen molar-refractivity contribution < 1.29 is 14.7 Å². The number of aliphatic hydroxyl groups excluding tert-OH is 1. The largest absolute Gasteiger partial charge is 0.394 e. The highest BCUT2D eigenvalue weighted by Crippen LogP contribution is 2.29. The second-order valence-electron chi connectivity index (χ2n) is 6.16. The van der Waals surface area contributed by atoms with Crippen molar-refractivity contribution in [2.24, 2.45) is 0 Å². The second kappa shape index (κ2) is 8.53. The number of terminal acetylenes is 1. The number of urea groups is 1. The van der Waals surface area contributed by atoms with Gasteiger partial charge in [0.2, 0.25) is 5.91 Å². The van der Waals surface area contributed by atoms with Crippen LogP contribution >= 0.6 is 11.3 Å². The Morgan fingerprint density at radius 1 is 1.43 bits per heavy atom. The molecule has 1 aromatic carbocycles. The van der Waals surface area contributed by atoms with Crippen molar-refractivity contribution in [2.45, 2.75) is 12.0 Å². The fourth-order valence-electron chi connectivity index (χ4n) is 2.92. The lowest BCUT2D eigenvalue weighted by atomic mass is 9.88. The predicted molar refractivity (Wildman–Crippen MR) is 104 cm³/mol. The van der Waals surface area contributed by atoms with Gasteiger partial charge in [0, 0.05) is 24.4 Å². The van der Waals surface area contributed by atoms with E-state index in [4.69, 9.17) is 6.42 Å². The number of carbonyl (C=O) groups excluding carboxylic acids is 2. The summed E-state index contributed by atoms with van der Waals surface area (Å²) in [5.41, 5.74) is 1.48. The molecule has 1 fully saturated rings. The molecule has 3 amide bonds. The standard InChI is InChI=1S/C19H17N5O3S/c1-2-17-22-16(11-28-17)23-19(27)21-15(10-25)18(26)24-8-13(9-24)14-6-4-3-5-12(14)7-20/h1,3-6,11,13,15,25H,8-10H2,(H2,21,23,27)/t15-/m0/s1. The Morgan fingerprint density at radius 2 is 2.18 bits per heavy atom. The molecular weight excluding hydrogens is 378 g/mol. The number of nitrogens with one attached hydrogen (secondary N) is 2. The van der Waals surface area contributed by atoms with Crippen LogP contribution in [0, 0.1) is 23.7 Å². The van der Waals surface area contributed by atoms with Crippen LogP contribution in [0.5, 0.6) is 0 Å². The van der Waals surface area contributed by atoms with Gasteiger partial charge in [0.25, 0.3) is 0 Å². The average Bonchev–Trinajstić information content (AvgIpc) is 3.12. The lowest BCUT2D eigenvalue weighted by molar-refractivity contribution is -0.138. The smallest absolute Gasteiger partial charge is 0.321 e. The molecule has 0 radical (unpaired) electrons. The van der Waals surface area contributed by atoms with Gasteiger partial charge in [-0.15, -0.1) is 17.8 Å². The zero-order valence-electron chi connectivity index (χ0n) is 14.8. The fraction of sp³-hybridized carbons (Fsp3) is 0.263. The van der Waals surface area contributed by atoms with E-state index in [1.54, 1.807) is 22.4 Å². The normalized spacial score (nSPS) is 14.3. The first kappa shape index (κ1) is 19.4. The molecule has 0 unspecified atom stereocenters. The minimum absolute atomic E-state index is 0.0603. The van der Waals surface area contributed by atoms with Gasteiger partial charge in [-0.1, -0.05) is 18.2 Å². The number of aromatic nitrogens is 1. The number of thiazole rings is 1. The number of rotatable bonds is 5. The van der Waals surface area contributed by atoms with Crippen molar-refractivity contribution in [2.75, 3.05) is 25.0 Å². The quantitative estimate of drug-likeness (QED) is 0.655. The molecule has 1 aromatic heterocycles. The molecule has 0 aliphatic carbocycles. The molecule has 1 aliphatic rings. The Labute approximate surface area is 165 Å². The topological polar surface area (TPSA) is 118 Å². The molecule has 2 heterocycles. The molecule has 1 aliphatic heterocycles. The van der Waals surface area contributed by atoms with E-state index in [9.17, 15) is 20.0 Å². The van der Waals surface area contributed by atoms with E-state index in [0.717, 1.165) is 5.56 Å². The number of benzene rings is 1. The zero-order valence-corrected chi connectivity index (χ0v) is 15.6. The summed E-state index contributed by atoms with van der Waals surface area (Å²) >= 11 is 1.20. The molecule has 0 spiro atoms. The van der Waals surface area contributed by atoms with Crippen LogP contribution in [0.25, 0.3) is 0 Å². The van der Waals surface area contributed by atoms with Crippen LogP contribution < -0.4 is 10.6 Å². The lowest BCUT2D eigenvalue weighted by Gasteiger charge is -2.41. The molecule has 0 saturated carbocycles. The van der Waals surface area contributed by atoms with E-state index in [2.05, 4.69) is 27.6 Å². The average molecular weight is 395 g/mol. The first-order valence-corrected chi connectivity index (χ1v) is 9.32. The van der Waals surface area contributed by atoms with Gasteiger partial charge < -0.3 is 15.3 Å². The third kappa shape index (κ3) is 4.12. The minimum atomic E-state index is -1.07.